The van der Waals surface area contributed by atoms with Crippen molar-refractivity contribution in [1.82, 2.24) is 4.90 Å². The summed E-state index contributed by atoms with van der Waals surface area (Å²) in [6.07, 6.45) is 6.60. The lowest BCUT2D eigenvalue weighted by Gasteiger charge is -2.36. The topological polar surface area (TPSA) is 12.5 Å². The predicted octanol–water partition coefficient (Wildman–Crippen LogP) is 5.43. The average Bonchev–Trinajstić information content (AvgIpc) is 2.42. The number of unbranched alkanes of at least 4 members (excludes halogenated alkanes) is 1. The van der Waals surface area contributed by atoms with E-state index in [0.29, 0.717) is 5.04 Å². The van der Waals surface area contributed by atoms with Crippen molar-refractivity contribution in [3.63, 3.8) is 0 Å². The van der Waals surface area contributed by atoms with Crippen LogP contribution < -0.4 is 0 Å². The van der Waals surface area contributed by atoms with Crippen LogP contribution in [0, 0.1) is 0 Å². The molecule has 0 aliphatic carbocycles. The molecule has 0 spiro atoms. The van der Waals surface area contributed by atoms with Gasteiger partial charge in [0.15, 0.2) is 8.32 Å². The van der Waals surface area contributed by atoms with E-state index in [1.54, 1.807) is 0 Å². The number of rotatable bonds is 8. The molecule has 0 saturated heterocycles. The molecular formula is C19H33NOSi. The van der Waals surface area contributed by atoms with Crippen LogP contribution in [0.2, 0.25) is 18.1 Å². The minimum absolute atomic E-state index is 0.304. The molecular weight excluding hydrogens is 286 g/mol. The van der Waals surface area contributed by atoms with Gasteiger partial charge in [-0.15, -0.1) is 0 Å². The fraction of sp³-hybridized carbons (Fsp3) is 0.579. The first-order valence-electron chi connectivity index (χ1n) is 8.27. The zero-order chi connectivity index (χ0) is 16.6. The molecule has 124 valence electrons. The van der Waals surface area contributed by atoms with Crippen LogP contribution in [0.15, 0.2) is 42.6 Å². The number of benzene rings is 1. The Hall–Kier alpha value is -1.06. The molecule has 0 aliphatic rings. The molecule has 0 amide bonds. The second-order valence-electron chi connectivity index (χ2n) is 7.54. The zero-order valence-electron chi connectivity index (χ0n) is 15.2. The van der Waals surface area contributed by atoms with E-state index in [-0.39, 0.29) is 0 Å². The highest BCUT2D eigenvalue weighted by Gasteiger charge is 2.36. The van der Waals surface area contributed by atoms with Crippen molar-refractivity contribution in [2.75, 3.05) is 13.7 Å². The number of allylic oxidation sites excluding steroid dienone is 1. The maximum atomic E-state index is 6.19. The van der Waals surface area contributed by atoms with Gasteiger partial charge in [-0.2, -0.15) is 0 Å². The van der Waals surface area contributed by atoms with Crippen LogP contribution in [-0.4, -0.2) is 26.9 Å². The maximum Gasteiger partial charge on any atom is 0.191 e. The first-order valence-corrected chi connectivity index (χ1v) is 11.2. The smallest absolute Gasteiger partial charge is 0.191 e. The van der Waals surface area contributed by atoms with E-state index < -0.39 is 8.32 Å². The Labute approximate surface area is 138 Å². The monoisotopic (exact) mass is 319 g/mol. The highest BCUT2D eigenvalue weighted by atomic mass is 28.4. The van der Waals surface area contributed by atoms with Gasteiger partial charge in [0.25, 0.3) is 0 Å². The molecule has 1 rings (SSSR count). The van der Waals surface area contributed by atoms with E-state index in [9.17, 15) is 0 Å². The lowest BCUT2D eigenvalue weighted by molar-refractivity contribution is 0.283. The molecule has 0 N–H and O–H groups in total. The van der Waals surface area contributed by atoms with Gasteiger partial charge < -0.3 is 9.33 Å². The number of hydrogen-bond donors (Lipinski definition) is 0. The van der Waals surface area contributed by atoms with Gasteiger partial charge in [0, 0.05) is 20.2 Å². The molecule has 0 heterocycles. The third-order valence-electron chi connectivity index (χ3n) is 4.42. The fourth-order valence-electron chi connectivity index (χ4n) is 1.92. The second-order valence-corrected chi connectivity index (χ2v) is 12.3. The quantitative estimate of drug-likeness (QED) is 0.467. The highest BCUT2D eigenvalue weighted by molar-refractivity contribution is 6.74. The van der Waals surface area contributed by atoms with Gasteiger partial charge in [-0.3, -0.25) is 0 Å². The van der Waals surface area contributed by atoms with E-state index in [1.807, 2.05) is 0 Å². The number of nitrogens with zero attached hydrogens (tertiary/aromatic N) is 1. The van der Waals surface area contributed by atoms with E-state index in [2.05, 4.69) is 88.4 Å². The first-order chi connectivity index (χ1) is 10.2. The van der Waals surface area contributed by atoms with Crippen LogP contribution >= 0.6 is 0 Å². The lowest BCUT2D eigenvalue weighted by atomic mass is 10.2. The van der Waals surface area contributed by atoms with Gasteiger partial charge in [-0.25, -0.2) is 0 Å². The largest absolute Gasteiger partial charge is 0.417 e. The highest BCUT2D eigenvalue weighted by Crippen LogP contribution is 2.36. The Kier molecular flexibility index (Phi) is 7.37. The summed E-state index contributed by atoms with van der Waals surface area (Å²) in [6.45, 7) is 13.3. The molecule has 3 heteroatoms. The summed E-state index contributed by atoms with van der Waals surface area (Å²) >= 11 is 0. The van der Waals surface area contributed by atoms with Crippen LogP contribution in [0.25, 0.3) is 0 Å². The maximum absolute atomic E-state index is 6.19. The molecule has 0 aromatic heterocycles. The Morgan fingerprint density at radius 3 is 2.36 bits per heavy atom. The van der Waals surface area contributed by atoms with Crippen molar-refractivity contribution in [3.05, 3.63) is 48.2 Å². The van der Waals surface area contributed by atoms with Gasteiger partial charge in [-0.1, -0.05) is 57.2 Å². The molecule has 0 bridgehead atoms. The van der Waals surface area contributed by atoms with E-state index in [4.69, 9.17) is 4.43 Å². The van der Waals surface area contributed by atoms with Gasteiger partial charge in [0.05, 0.1) is 0 Å². The van der Waals surface area contributed by atoms with Gasteiger partial charge >= 0.3 is 0 Å². The fourth-order valence-corrected chi connectivity index (χ4v) is 3.01. The Bertz CT molecular complexity index is 448. The van der Waals surface area contributed by atoms with E-state index in [1.165, 1.54) is 5.56 Å². The van der Waals surface area contributed by atoms with Gasteiger partial charge in [0.2, 0.25) is 0 Å². The molecule has 1 aromatic rings. The standard InChI is InChI=1S/C19H33NOSi/c1-19(2,3)22(5,6)21-16-12-8-11-15-20(4)17-18-13-9-7-10-14-18/h7,9-11,13-15H,8,12,16-17H2,1-6H3/b15-11+. The number of hydrogen-bond acceptors (Lipinski definition) is 2. The van der Waals surface area contributed by atoms with Crippen LogP contribution in [0.3, 0.4) is 0 Å². The van der Waals surface area contributed by atoms with Crippen molar-refractivity contribution < 1.29 is 4.43 Å². The molecule has 0 atom stereocenters. The first kappa shape index (κ1) is 19.0. The molecule has 0 radical (unpaired) electrons. The van der Waals surface area contributed by atoms with Crippen molar-refractivity contribution in [3.8, 4) is 0 Å². The molecule has 0 aliphatic heterocycles. The summed E-state index contributed by atoms with van der Waals surface area (Å²) in [4.78, 5) is 2.23. The molecule has 0 unspecified atom stereocenters. The van der Waals surface area contributed by atoms with E-state index in [0.717, 1.165) is 26.0 Å². The zero-order valence-corrected chi connectivity index (χ0v) is 16.2. The average molecular weight is 320 g/mol. The molecule has 22 heavy (non-hydrogen) atoms. The predicted molar refractivity (Wildman–Crippen MR) is 99.4 cm³/mol. The summed E-state index contributed by atoms with van der Waals surface area (Å²) in [5, 5.41) is 0.304. The van der Waals surface area contributed by atoms with Crippen molar-refractivity contribution in [2.24, 2.45) is 0 Å². The van der Waals surface area contributed by atoms with Crippen LogP contribution in [0.4, 0.5) is 0 Å². The van der Waals surface area contributed by atoms with Gasteiger partial charge in [0.1, 0.15) is 0 Å². The van der Waals surface area contributed by atoms with Crippen molar-refractivity contribution in [2.45, 2.75) is 58.3 Å². The Morgan fingerprint density at radius 1 is 1.14 bits per heavy atom. The summed E-state index contributed by atoms with van der Waals surface area (Å²) in [5.41, 5.74) is 1.34. The summed E-state index contributed by atoms with van der Waals surface area (Å²) in [6, 6.07) is 10.6. The minimum Gasteiger partial charge on any atom is -0.417 e. The summed E-state index contributed by atoms with van der Waals surface area (Å²) in [7, 11) is 0.548. The Morgan fingerprint density at radius 2 is 1.77 bits per heavy atom. The molecule has 2 nitrogen and oxygen atoms in total. The molecule has 0 saturated carbocycles. The molecule has 1 aromatic carbocycles. The summed E-state index contributed by atoms with van der Waals surface area (Å²) < 4.78 is 6.19. The SMILES string of the molecule is CN(/C=C/CCCO[Si](C)(C)C(C)(C)C)Cc1ccccc1. The summed E-state index contributed by atoms with van der Waals surface area (Å²) in [5.74, 6) is 0. The normalized spacial score (nSPS) is 12.8. The third-order valence-corrected chi connectivity index (χ3v) is 8.96. The Balaban J connectivity index is 2.21. The van der Waals surface area contributed by atoms with Crippen LogP contribution in [-0.2, 0) is 11.0 Å². The van der Waals surface area contributed by atoms with Crippen molar-refractivity contribution >= 4 is 8.32 Å². The molecule has 0 fully saturated rings. The lowest BCUT2D eigenvalue weighted by Crippen LogP contribution is -2.40. The van der Waals surface area contributed by atoms with Crippen LogP contribution in [0.1, 0.15) is 39.2 Å². The second kappa shape index (κ2) is 8.54. The van der Waals surface area contributed by atoms with Crippen LogP contribution in [0.5, 0.6) is 0 Å². The third kappa shape index (κ3) is 6.80. The van der Waals surface area contributed by atoms with Crippen molar-refractivity contribution in [1.29, 1.82) is 0 Å². The minimum atomic E-state index is -1.57. The van der Waals surface area contributed by atoms with E-state index >= 15 is 0 Å². The van der Waals surface area contributed by atoms with Gasteiger partial charge in [-0.05, 0) is 42.7 Å².